The maximum Gasteiger partial charge on any atom is 0.181 e. The Hall–Kier alpha value is -3.53. The van der Waals surface area contributed by atoms with Crippen molar-refractivity contribution < 1.29 is 4.79 Å². The first-order chi connectivity index (χ1) is 13.8. The summed E-state index contributed by atoms with van der Waals surface area (Å²) in [6, 6.07) is 27.8. The molecule has 0 aliphatic heterocycles. The lowest BCUT2D eigenvalue weighted by molar-refractivity contribution is -0.118. The van der Waals surface area contributed by atoms with E-state index in [1.54, 1.807) is 10.8 Å². The van der Waals surface area contributed by atoms with Crippen molar-refractivity contribution in [2.75, 3.05) is 0 Å². The van der Waals surface area contributed by atoms with Crippen molar-refractivity contribution in [1.29, 1.82) is 0 Å². The molecule has 1 aliphatic carbocycles. The van der Waals surface area contributed by atoms with Gasteiger partial charge < -0.3 is 0 Å². The van der Waals surface area contributed by atoms with Gasteiger partial charge in [0.25, 0.3) is 0 Å². The van der Waals surface area contributed by atoms with E-state index in [9.17, 15) is 4.79 Å². The Morgan fingerprint density at radius 3 is 2.29 bits per heavy atom. The first kappa shape index (κ1) is 16.6. The number of nitrogens with zero attached hydrogens (tertiary/aromatic N) is 3. The number of carbonyl (C=O) groups is 1. The molecule has 0 saturated heterocycles. The average molecular weight is 365 g/mol. The molecule has 0 saturated carbocycles. The minimum absolute atomic E-state index is 0.000915. The number of carbonyl (C=O) groups excluding carboxylic acids is 1. The Labute approximate surface area is 163 Å². The molecule has 0 unspecified atom stereocenters. The summed E-state index contributed by atoms with van der Waals surface area (Å²) < 4.78 is 1.80. The highest BCUT2D eigenvalue weighted by Crippen LogP contribution is 2.42. The number of rotatable bonds is 3. The number of ketones is 1. The Kier molecular flexibility index (Phi) is 4.09. The fourth-order valence-electron chi connectivity index (χ4n) is 4.10. The smallest absolute Gasteiger partial charge is 0.181 e. The minimum Gasteiger partial charge on any atom is -0.292 e. The van der Waals surface area contributed by atoms with Crippen LogP contribution in [0.25, 0.3) is 16.6 Å². The summed E-state index contributed by atoms with van der Waals surface area (Å²) in [5.74, 6) is 0.0635. The van der Waals surface area contributed by atoms with E-state index in [1.165, 1.54) is 0 Å². The van der Waals surface area contributed by atoms with Crippen LogP contribution in [0.1, 0.15) is 29.5 Å². The van der Waals surface area contributed by atoms with E-state index in [2.05, 4.69) is 34.6 Å². The van der Waals surface area contributed by atoms with Gasteiger partial charge in [-0.3, -0.25) is 4.79 Å². The van der Waals surface area contributed by atoms with Crippen LogP contribution in [0.5, 0.6) is 0 Å². The molecule has 1 aliphatic rings. The van der Waals surface area contributed by atoms with Crippen LogP contribution in [-0.4, -0.2) is 20.8 Å². The zero-order valence-electron chi connectivity index (χ0n) is 15.3. The van der Waals surface area contributed by atoms with Crippen molar-refractivity contribution in [2.24, 2.45) is 0 Å². The lowest BCUT2D eigenvalue weighted by Crippen LogP contribution is -2.29. The fourth-order valence-corrected chi connectivity index (χ4v) is 4.10. The van der Waals surface area contributed by atoms with Gasteiger partial charge in [0.15, 0.2) is 5.78 Å². The van der Waals surface area contributed by atoms with Crippen LogP contribution >= 0.6 is 0 Å². The van der Waals surface area contributed by atoms with Crippen LogP contribution in [0.15, 0.2) is 91.0 Å². The molecule has 0 radical (unpaired) electrons. The molecule has 4 heteroatoms. The molecule has 1 aromatic heterocycles. The Morgan fingerprint density at radius 2 is 1.50 bits per heavy atom. The standard InChI is InChI=1S/C24H19N3O/c28-23-16-19(17-9-3-1-4-10-17)15-20(18-11-5-2-6-12-18)24(23)27-22-14-8-7-13-21(22)25-26-27/h1-14,16,20,24H,15H2/t20-,24-/m1/s1. The van der Waals surface area contributed by atoms with Gasteiger partial charge in [-0.2, -0.15) is 0 Å². The number of aromatic nitrogens is 3. The molecule has 0 fully saturated rings. The largest absolute Gasteiger partial charge is 0.292 e. The topological polar surface area (TPSA) is 47.8 Å². The number of allylic oxidation sites excluding steroid dienone is 2. The van der Waals surface area contributed by atoms with Crippen molar-refractivity contribution in [3.8, 4) is 0 Å². The molecule has 3 aromatic carbocycles. The molecule has 0 bridgehead atoms. The summed E-state index contributed by atoms with van der Waals surface area (Å²) in [6.07, 6.45) is 2.56. The van der Waals surface area contributed by atoms with Gasteiger partial charge in [0.2, 0.25) is 0 Å². The lowest BCUT2D eigenvalue weighted by Gasteiger charge is -2.31. The van der Waals surface area contributed by atoms with Crippen LogP contribution in [-0.2, 0) is 4.79 Å². The van der Waals surface area contributed by atoms with Gasteiger partial charge in [-0.25, -0.2) is 4.68 Å². The monoisotopic (exact) mass is 365 g/mol. The molecule has 4 nitrogen and oxygen atoms in total. The van der Waals surface area contributed by atoms with Gasteiger partial charge in [0.1, 0.15) is 11.6 Å². The Morgan fingerprint density at radius 1 is 0.821 bits per heavy atom. The first-order valence-corrected chi connectivity index (χ1v) is 9.46. The van der Waals surface area contributed by atoms with Crippen LogP contribution in [0, 0.1) is 0 Å². The summed E-state index contributed by atoms with van der Waals surface area (Å²) in [5, 5.41) is 8.63. The van der Waals surface area contributed by atoms with Crippen molar-refractivity contribution in [3.05, 3.63) is 102 Å². The van der Waals surface area contributed by atoms with Crippen molar-refractivity contribution in [2.45, 2.75) is 18.4 Å². The highest BCUT2D eigenvalue weighted by molar-refractivity contribution is 6.02. The van der Waals surface area contributed by atoms with Gasteiger partial charge in [-0.05, 0) is 41.3 Å². The van der Waals surface area contributed by atoms with E-state index >= 15 is 0 Å². The third-order valence-electron chi connectivity index (χ3n) is 5.44. The maximum atomic E-state index is 13.3. The Balaban J connectivity index is 1.66. The van der Waals surface area contributed by atoms with E-state index < -0.39 is 6.04 Å². The Bertz CT molecular complexity index is 1160. The summed E-state index contributed by atoms with van der Waals surface area (Å²) in [5.41, 5.74) is 5.00. The quantitative estimate of drug-likeness (QED) is 0.523. The number of fused-ring (bicyclic) bond motifs is 1. The second kappa shape index (κ2) is 6.89. The SMILES string of the molecule is O=C1C=C(c2ccccc2)C[C@H](c2ccccc2)[C@H]1n1nnc2ccccc21. The van der Waals surface area contributed by atoms with Crippen molar-refractivity contribution >= 4 is 22.4 Å². The molecular formula is C24H19N3O. The van der Waals surface area contributed by atoms with E-state index in [0.29, 0.717) is 0 Å². The fraction of sp³-hybridized carbons (Fsp3) is 0.125. The average Bonchev–Trinajstić information content (AvgIpc) is 3.18. The summed E-state index contributed by atoms with van der Waals surface area (Å²) >= 11 is 0. The van der Waals surface area contributed by atoms with E-state index in [4.69, 9.17) is 0 Å². The van der Waals surface area contributed by atoms with Gasteiger partial charge in [0, 0.05) is 5.92 Å². The molecule has 2 atom stereocenters. The van der Waals surface area contributed by atoms with Crippen LogP contribution in [0.4, 0.5) is 0 Å². The summed E-state index contributed by atoms with van der Waals surface area (Å²) in [7, 11) is 0. The number of hydrogen-bond donors (Lipinski definition) is 0. The van der Waals surface area contributed by atoms with Gasteiger partial charge in [0.05, 0.1) is 5.52 Å². The van der Waals surface area contributed by atoms with E-state index in [1.807, 2.05) is 60.7 Å². The van der Waals surface area contributed by atoms with Crippen molar-refractivity contribution in [1.82, 2.24) is 15.0 Å². The van der Waals surface area contributed by atoms with E-state index in [0.717, 1.165) is 34.2 Å². The second-order valence-electron chi connectivity index (χ2n) is 7.13. The molecule has 5 rings (SSSR count). The number of hydrogen-bond acceptors (Lipinski definition) is 3. The van der Waals surface area contributed by atoms with Crippen molar-refractivity contribution in [3.63, 3.8) is 0 Å². The molecule has 136 valence electrons. The molecule has 0 spiro atoms. The number of benzene rings is 3. The third kappa shape index (κ3) is 2.83. The molecule has 4 aromatic rings. The van der Waals surface area contributed by atoms with Gasteiger partial charge >= 0.3 is 0 Å². The number of para-hydroxylation sites is 1. The van der Waals surface area contributed by atoms with Gasteiger partial charge in [-0.15, -0.1) is 5.10 Å². The normalized spacial score (nSPS) is 19.6. The molecular weight excluding hydrogens is 346 g/mol. The molecule has 0 N–H and O–H groups in total. The highest BCUT2D eigenvalue weighted by Gasteiger charge is 2.36. The first-order valence-electron chi connectivity index (χ1n) is 9.46. The second-order valence-corrected chi connectivity index (χ2v) is 7.13. The minimum atomic E-state index is -0.401. The zero-order chi connectivity index (χ0) is 18.9. The zero-order valence-corrected chi connectivity index (χ0v) is 15.3. The molecule has 0 amide bonds. The van der Waals surface area contributed by atoms with E-state index in [-0.39, 0.29) is 11.7 Å². The predicted octanol–water partition coefficient (Wildman–Crippen LogP) is 4.81. The third-order valence-corrected chi connectivity index (χ3v) is 5.44. The van der Waals surface area contributed by atoms with Crippen LogP contribution < -0.4 is 0 Å². The van der Waals surface area contributed by atoms with Crippen LogP contribution in [0.2, 0.25) is 0 Å². The maximum absolute atomic E-state index is 13.3. The van der Waals surface area contributed by atoms with Gasteiger partial charge in [-0.1, -0.05) is 78.0 Å². The summed E-state index contributed by atoms with van der Waals surface area (Å²) in [6.45, 7) is 0. The predicted molar refractivity (Wildman–Crippen MR) is 110 cm³/mol. The van der Waals surface area contributed by atoms with Crippen LogP contribution in [0.3, 0.4) is 0 Å². The molecule has 28 heavy (non-hydrogen) atoms. The highest BCUT2D eigenvalue weighted by atomic mass is 16.1. The lowest BCUT2D eigenvalue weighted by atomic mass is 9.77. The summed E-state index contributed by atoms with van der Waals surface area (Å²) in [4.78, 5) is 13.3. The molecule has 1 heterocycles.